The minimum atomic E-state index is -1.56. The van der Waals surface area contributed by atoms with Crippen LogP contribution in [0.2, 0.25) is 0 Å². The number of hydrogen-bond donors (Lipinski definition) is 11. The number of rotatable bonds is 19. The normalized spacial score (nSPS) is 13.8. The van der Waals surface area contributed by atoms with Gasteiger partial charge in [0.15, 0.2) is 0 Å². The second-order valence-electron chi connectivity index (χ2n) is 11.0. The number of phenols is 1. The van der Waals surface area contributed by atoms with Crippen LogP contribution in [0.1, 0.15) is 33.3 Å². The summed E-state index contributed by atoms with van der Waals surface area (Å²) in [4.78, 5) is 97.8. The van der Waals surface area contributed by atoms with Gasteiger partial charge in [0.25, 0.3) is 0 Å². The second kappa shape index (κ2) is 20.0. The maximum absolute atomic E-state index is 12.7. The number of nitrogens with two attached hydrogens (primary N) is 1. The smallest absolute Gasteiger partial charge is 0.326 e. The third-order valence-corrected chi connectivity index (χ3v) is 6.65. The van der Waals surface area contributed by atoms with E-state index in [1.807, 2.05) is 0 Å². The van der Waals surface area contributed by atoms with Crippen LogP contribution in [0, 0.1) is 5.92 Å². The highest BCUT2D eigenvalue weighted by atomic mass is 16.4. The number of carboxylic acid groups (broad SMARTS) is 1. The Morgan fingerprint density at radius 1 is 0.667 bits per heavy atom. The van der Waals surface area contributed by atoms with Crippen molar-refractivity contribution < 1.29 is 53.7 Å². The average molecular weight is 681 g/mol. The third kappa shape index (κ3) is 14.4. The van der Waals surface area contributed by atoms with Gasteiger partial charge in [-0.3, -0.25) is 33.6 Å². The van der Waals surface area contributed by atoms with Gasteiger partial charge >= 0.3 is 5.97 Å². The van der Waals surface area contributed by atoms with E-state index in [0.717, 1.165) is 0 Å². The number of aliphatic carboxylic acids is 1. The predicted molar refractivity (Wildman–Crippen MR) is 167 cm³/mol. The summed E-state index contributed by atoms with van der Waals surface area (Å²) in [5.41, 5.74) is 5.67. The summed E-state index contributed by atoms with van der Waals surface area (Å²) in [6.07, 6.45) is -0.153. The highest BCUT2D eigenvalue weighted by Crippen LogP contribution is 2.11. The Hall–Kier alpha value is -5.30. The van der Waals surface area contributed by atoms with Gasteiger partial charge < -0.3 is 58.3 Å². The first-order valence-corrected chi connectivity index (χ1v) is 14.8. The van der Waals surface area contributed by atoms with Crippen molar-refractivity contribution in [3.8, 4) is 5.75 Å². The largest absolute Gasteiger partial charge is 0.508 e. The molecule has 0 spiro atoms. The molecule has 0 saturated heterocycles. The molecule has 0 bridgehead atoms. The predicted octanol–water partition coefficient (Wildman–Crippen LogP) is -4.68. The van der Waals surface area contributed by atoms with Crippen LogP contribution in [-0.2, 0) is 44.8 Å². The van der Waals surface area contributed by atoms with Gasteiger partial charge in [0.2, 0.25) is 41.4 Å². The van der Waals surface area contributed by atoms with Gasteiger partial charge in [0.1, 0.15) is 36.0 Å². The number of hydrogen-bond acceptors (Lipinski definition) is 11. The van der Waals surface area contributed by atoms with E-state index in [1.165, 1.54) is 38.1 Å². The molecule has 0 fully saturated rings. The fourth-order valence-electron chi connectivity index (χ4n) is 3.91. The van der Waals surface area contributed by atoms with Crippen molar-refractivity contribution >= 4 is 47.3 Å². The summed E-state index contributed by atoms with van der Waals surface area (Å²) in [6.45, 7) is 3.58. The number of aliphatic hydroxyl groups is 1. The standard InChI is InChI=1S/C29H44N8O11/c1-14(2)24(37-23(42)12-31-25(43)15(3)33-21(40)10-30)28(46)32-11-22(41)34-16(4)26(44)36-20(13-38)27(45)35-19(29(47)48)9-17-5-7-18(39)8-6-17/h5-8,14-16,19-20,24,38-39H,9-13,30H2,1-4H3,(H,31,43)(H,32,46)(H,33,40)(H,34,41)(H,35,45)(H,36,44)(H,37,42)(H,47,48)/t15-,16-,19-,20-,24-/m0/s1. The van der Waals surface area contributed by atoms with Gasteiger partial charge in [-0.25, -0.2) is 4.79 Å². The Labute approximate surface area is 276 Å². The number of carboxylic acids is 1. The number of phenolic OH excluding ortho intramolecular Hbond substituents is 1. The molecule has 1 rings (SSSR count). The number of aliphatic hydroxyl groups excluding tert-OH is 1. The molecule has 0 heterocycles. The molecule has 0 aliphatic heterocycles. The molecule has 266 valence electrons. The maximum Gasteiger partial charge on any atom is 0.326 e. The van der Waals surface area contributed by atoms with E-state index in [0.29, 0.717) is 5.56 Å². The molecular formula is C29H44N8O11. The van der Waals surface area contributed by atoms with E-state index in [4.69, 9.17) is 5.73 Å². The first kappa shape index (κ1) is 40.7. The third-order valence-electron chi connectivity index (χ3n) is 6.65. The SMILES string of the molecule is CC(C)[C@H](NC(=O)CNC(=O)[C@H](C)NC(=O)CN)C(=O)NCC(=O)N[C@@H](C)C(=O)N[C@@H](CO)C(=O)N[C@@H](Cc1ccc(O)cc1)C(=O)O. The molecule has 19 heteroatoms. The van der Waals surface area contributed by atoms with Crippen LogP contribution < -0.4 is 43.0 Å². The van der Waals surface area contributed by atoms with Crippen molar-refractivity contribution in [1.82, 2.24) is 37.2 Å². The Morgan fingerprint density at radius 2 is 1.17 bits per heavy atom. The Kier molecular flexibility index (Phi) is 17.0. The van der Waals surface area contributed by atoms with Gasteiger partial charge in [-0.2, -0.15) is 0 Å². The molecular weight excluding hydrogens is 636 g/mol. The number of nitrogens with one attached hydrogen (secondary N) is 7. The highest BCUT2D eigenvalue weighted by molar-refractivity contribution is 5.95. The van der Waals surface area contributed by atoms with Crippen molar-refractivity contribution in [2.24, 2.45) is 11.7 Å². The van der Waals surface area contributed by atoms with Crippen LogP contribution in [0.4, 0.5) is 0 Å². The molecule has 48 heavy (non-hydrogen) atoms. The maximum atomic E-state index is 12.7. The first-order chi connectivity index (χ1) is 22.5. The zero-order valence-electron chi connectivity index (χ0n) is 27.0. The minimum Gasteiger partial charge on any atom is -0.508 e. The molecule has 12 N–H and O–H groups in total. The summed E-state index contributed by atoms with van der Waals surface area (Å²) in [6, 6.07) is -0.694. The van der Waals surface area contributed by atoms with Crippen molar-refractivity contribution in [3.05, 3.63) is 29.8 Å². The molecule has 1 aromatic carbocycles. The summed E-state index contributed by atoms with van der Waals surface area (Å²) < 4.78 is 0. The quantitative estimate of drug-likeness (QED) is 0.0657. The van der Waals surface area contributed by atoms with Crippen molar-refractivity contribution in [3.63, 3.8) is 0 Å². The fraction of sp³-hybridized carbons (Fsp3) is 0.517. The Balaban J connectivity index is 2.62. The zero-order chi connectivity index (χ0) is 36.6. The lowest BCUT2D eigenvalue weighted by molar-refractivity contribution is -0.142. The van der Waals surface area contributed by atoms with E-state index < -0.39 is 103 Å². The number of carbonyl (C=O) groups excluding carboxylic acids is 7. The number of carbonyl (C=O) groups is 8. The molecule has 0 unspecified atom stereocenters. The molecule has 0 aliphatic carbocycles. The highest BCUT2D eigenvalue weighted by Gasteiger charge is 2.29. The number of benzene rings is 1. The average Bonchev–Trinajstić information content (AvgIpc) is 3.03. The zero-order valence-corrected chi connectivity index (χ0v) is 27.0. The van der Waals surface area contributed by atoms with Crippen LogP contribution in [-0.4, -0.2) is 119 Å². The van der Waals surface area contributed by atoms with Crippen LogP contribution in [0.25, 0.3) is 0 Å². The van der Waals surface area contributed by atoms with Crippen LogP contribution in [0.15, 0.2) is 24.3 Å². The van der Waals surface area contributed by atoms with Crippen LogP contribution in [0.3, 0.4) is 0 Å². The van der Waals surface area contributed by atoms with Crippen molar-refractivity contribution in [1.29, 1.82) is 0 Å². The van der Waals surface area contributed by atoms with E-state index in [-0.39, 0.29) is 18.7 Å². The first-order valence-electron chi connectivity index (χ1n) is 14.8. The molecule has 0 radical (unpaired) electrons. The molecule has 19 nitrogen and oxygen atoms in total. The molecule has 1 aromatic rings. The van der Waals surface area contributed by atoms with E-state index in [9.17, 15) is 53.7 Å². The minimum absolute atomic E-state index is 0.0341. The Morgan fingerprint density at radius 3 is 1.69 bits per heavy atom. The topological polar surface area (TPSA) is 307 Å². The summed E-state index contributed by atoms with van der Waals surface area (Å²) in [7, 11) is 0. The van der Waals surface area contributed by atoms with Crippen LogP contribution >= 0.6 is 0 Å². The monoisotopic (exact) mass is 680 g/mol. The van der Waals surface area contributed by atoms with E-state index >= 15 is 0 Å². The number of amides is 7. The van der Waals surface area contributed by atoms with E-state index in [2.05, 4.69) is 37.2 Å². The lowest BCUT2D eigenvalue weighted by Crippen LogP contribution is -2.57. The lowest BCUT2D eigenvalue weighted by Gasteiger charge is -2.23. The molecule has 0 aromatic heterocycles. The summed E-state index contributed by atoms with van der Waals surface area (Å²) in [5.74, 6) is -7.26. The van der Waals surface area contributed by atoms with Gasteiger partial charge in [-0.05, 0) is 37.5 Å². The van der Waals surface area contributed by atoms with E-state index in [1.54, 1.807) is 13.8 Å². The molecule has 0 saturated carbocycles. The molecule has 0 aliphatic rings. The summed E-state index contributed by atoms with van der Waals surface area (Å²) in [5, 5.41) is 44.7. The summed E-state index contributed by atoms with van der Waals surface area (Å²) >= 11 is 0. The molecule has 7 amide bonds. The van der Waals surface area contributed by atoms with Crippen molar-refractivity contribution in [2.45, 2.75) is 64.3 Å². The van der Waals surface area contributed by atoms with Crippen LogP contribution in [0.5, 0.6) is 5.75 Å². The van der Waals surface area contributed by atoms with Crippen molar-refractivity contribution in [2.75, 3.05) is 26.2 Å². The van der Waals surface area contributed by atoms with Gasteiger partial charge in [-0.1, -0.05) is 26.0 Å². The van der Waals surface area contributed by atoms with Gasteiger partial charge in [-0.15, -0.1) is 0 Å². The van der Waals surface area contributed by atoms with Gasteiger partial charge in [0.05, 0.1) is 26.2 Å². The number of aromatic hydroxyl groups is 1. The lowest BCUT2D eigenvalue weighted by atomic mass is 10.0. The molecule has 5 atom stereocenters. The fourth-order valence-corrected chi connectivity index (χ4v) is 3.91. The Bertz CT molecular complexity index is 1320. The second-order valence-corrected chi connectivity index (χ2v) is 11.0. The van der Waals surface area contributed by atoms with Gasteiger partial charge in [0, 0.05) is 6.42 Å².